The van der Waals surface area contributed by atoms with Crippen molar-refractivity contribution in [1.82, 2.24) is 15.5 Å². The van der Waals surface area contributed by atoms with Crippen molar-refractivity contribution in [2.45, 2.75) is 121 Å². The number of alkyl carbamates (subject to hydrolysis) is 1. The van der Waals surface area contributed by atoms with Gasteiger partial charge < -0.3 is 44.7 Å². The summed E-state index contributed by atoms with van der Waals surface area (Å²) in [5.74, 6) is -1.13. The van der Waals surface area contributed by atoms with Crippen LogP contribution in [-0.2, 0) is 47.0 Å². The highest BCUT2D eigenvalue weighted by Crippen LogP contribution is 2.64. The van der Waals surface area contributed by atoms with Gasteiger partial charge in [-0.3, -0.25) is 9.59 Å². The minimum atomic E-state index is -1.26. The van der Waals surface area contributed by atoms with Crippen LogP contribution in [0.2, 0.25) is 0 Å². The van der Waals surface area contributed by atoms with Crippen molar-refractivity contribution in [1.29, 1.82) is 0 Å². The van der Waals surface area contributed by atoms with Crippen molar-refractivity contribution in [3.05, 3.63) is 40.7 Å². The molecule has 0 aromatic heterocycles. The molecule has 1 saturated heterocycles. The molecule has 6 atom stereocenters. The van der Waals surface area contributed by atoms with Crippen molar-refractivity contribution in [3.63, 3.8) is 0 Å². The van der Waals surface area contributed by atoms with Gasteiger partial charge in [0, 0.05) is 30.1 Å². The summed E-state index contributed by atoms with van der Waals surface area (Å²) in [5.41, 5.74) is -0.239. The Morgan fingerprint density at radius 3 is 2.56 bits per heavy atom. The number of benzene rings is 1. The molecular formula is C35H49N3O10. The van der Waals surface area contributed by atoms with Crippen LogP contribution in [0.25, 0.3) is 0 Å². The number of carbonyl (C=O) groups excluding carboxylic acids is 4. The Morgan fingerprint density at radius 1 is 1.17 bits per heavy atom. The van der Waals surface area contributed by atoms with E-state index in [0.717, 1.165) is 11.1 Å². The van der Waals surface area contributed by atoms with Crippen LogP contribution in [0.1, 0.15) is 83.9 Å². The highest BCUT2D eigenvalue weighted by molar-refractivity contribution is 5.86. The fraction of sp³-hybridized carbons (Fsp3) is 0.657. The first-order valence-corrected chi connectivity index (χ1v) is 16.7. The lowest BCUT2D eigenvalue weighted by molar-refractivity contribution is -0.175. The van der Waals surface area contributed by atoms with E-state index in [1.54, 1.807) is 26.8 Å². The second-order valence-electron chi connectivity index (χ2n) is 14.8. The van der Waals surface area contributed by atoms with Gasteiger partial charge in [0.15, 0.2) is 12.2 Å². The summed E-state index contributed by atoms with van der Waals surface area (Å²) in [6.45, 7) is 10.8. The minimum Gasteiger partial charge on any atom is -0.481 e. The number of ether oxygens (including phenoxy) is 4. The summed E-state index contributed by atoms with van der Waals surface area (Å²) >= 11 is 0. The molecule has 13 heteroatoms. The SMILES string of the molecule is CC(C)CC(NC(=O)OC(C)(C)C)C(=O)NCCC(=O)O[C@@H](C)C(=O)OC1=CC[C@@]2(O)[C@H]3Cc4ccc(CO)c5c4[C@@]2(CCN3C)[C@H]1O5. The molecule has 2 amide bonds. The van der Waals surface area contributed by atoms with Crippen LogP contribution >= 0.6 is 0 Å². The molecule has 13 nitrogen and oxygen atoms in total. The topological polar surface area (TPSA) is 173 Å². The van der Waals surface area contributed by atoms with Gasteiger partial charge in [-0.25, -0.2) is 9.59 Å². The number of likely N-dealkylation sites (tertiary alicyclic amines) is 1. The van der Waals surface area contributed by atoms with Gasteiger partial charge in [-0.05, 0) is 78.1 Å². The Bertz CT molecular complexity index is 1490. The zero-order valence-electron chi connectivity index (χ0n) is 28.9. The number of carbonyl (C=O) groups is 4. The van der Waals surface area contributed by atoms with Crippen molar-refractivity contribution >= 4 is 23.9 Å². The van der Waals surface area contributed by atoms with E-state index in [4.69, 9.17) is 18.9 Å². The molecule has 1 spiro atoms. The highest BCUT2D eigenvalue weighted by Gasteiger charge is 2.72. The van der Waals surface area contributed by atoms with E-state index >= 15 is 0 Å². The van der Waals surface area contributed by atoms with Crippen LogP contribution in [0.4, 0.5) is 4.79 Å². The molecule has 1 fully saturated rings. The summed E-state index contributed by atoms with van der Waals surface area (Å²) in [6.07, 6.45) is 0.484. The van der Waals surface area contributed by atoms with E-state index in [9.17, 15) is 29.4 Å². The van der Waals surface area contributed by atoms with Crippen LogP contribution in [0.3, 0.4) is 0 Å². The number of hydrogen-bond acceptors (Lipinski definition) is 11. The number of rotatable bonds is 11. The Labute approximate surface area is 281 Å². The fourth-order valence-electron chi connectivity index (χ4n) is 7.70. The van der Waals surface area contributed by atoms with E-state index in [1.165, 1.54) is 6.92 Å². The van der Waals surface area contributed by atoms with Crippen molar-refractivity contribution in [2.24, 2.45) is 5.92 Å². The minimum absolute atomic E-state index is 0.0738. The Kier molecular flexibility index (Phi) is 9.89. The average molecular weight is 672 g/mol. The molecule has 1 aromatic carbocycles. The predicted molar refractivity (Wildman–Crippen MR) is 173 cm³/mol. The average Bonchev–Trinajstić information content (AvgIpc) is 3.34. The van der Waals surface area contributed by atoms with Gasteiger partial charge in [0.05, 0.1) is 24.0 Å². The summed E-state index contributed by atoms with van der Waals surface area (Å²) in [4.78, 5) is 53.1. The number of piperidine rings is 1. The number of hydrogen-bond donors (Lipinski definition) is 4. The number of amides is 2. The van der Waals surface area contributed by atoms with Crippen LogP contribution in [0.15, 0.2) is 24.0 Å². The molecule has 264 valence electrons. The second kappa shape index (κ2) is 13.3. The van der Waals surface area contributed by atoms with Crippen LogP contribution in [0, 0.1) is 5.92 Å². The molecular weight excluding hydrogens is 622 g/mol. The quantitative estimate of drug-likeness (QED) is 0.201. The zero-order chi connectivity index (χ0) is 35.2. The number of nitrogens with one attached hydrogen (secondary N) is 2. The predicted octanol–water partition coefficient (Wildman–Crippen LogP) is 2.38. The van der Waals surface area contributed by atoms with Crippen LogP contribution < -0.4 is 15.4 Å². The monoisotopic (exact) mass is 671 g/mol. The third-order valence-electron chi connectivity index (χ3n) is 9.83. The van der Waals surface area contributed by atoms with Gasteiger partial charge in [0.25, 0.3) is 0 Å². The maximum atomic E-state index is 13.2. The molecule has 4 aliphatic rings. The maximum Gasteiger partial charge on any atom is 0.408 e. The number of nitrogens with zero attached hydrogens (tertiary/aromatic N) is 1. The van der Waals surface area contributed by atoms with Gasteiger partial charge in [0.1, 0.15) is 23.2 Å². The normalized spacial score (nSPS) is 26.8. The number of esters is 2. The highest BCUT2D eigenvalue weighted by atomic mass is 16.6. The molecule has 2 aliphatic heterocycles. The fourth-order valence-corrected chi connectivity index (χ4v) is 7.70. The molecule has 4 N–H and O–H groups in total. The van der Waals surface area contributed by atoms with E-state index < -0.39 is 58.8 Å². The molecule has 0 radical (unpaired) electrons. The lowest BCUT2D eigenvalue weighted by Gasteiger charge is -2.61. The Morgan fingerprint density at radius 2 is 1.90 bits per heavy atom. The molecule has 2 aliphatic carbocycles. The van der Waals surface area contributed by atoms with Crippen LogP contribution in [-0.4, -0.2) is 94.7 Å². The van der Waals surface area contributed by atoms with Gasteiger partial charge in [-0.2, -0.15) is 0 Å². The van der Waals surface area contributed by atoms with E-state index in [2.05, 4.69) is 15.5 Å². The largest absolute Gasteiger partial charge is 0.481 e. The van der Waals surface area contributed by atoms with E-state index in [1.807, 2.05) is 33.0 Å². The number of likely N-dealkylation sites (N-methyl/N-ethyl adjacent to an activating group) is 1. The first-order chi connectivity index (χ1) is 22.5. The molecule has 2 bridgehead atoms. The van der Waals surface area contributed by atoms with Crippen molar-refractivity contribution < 1.29 is 48.3 Å². The molecule has 48 heavy (non-hydrogen) atoms. The first-order valence-electron chi connectivity index (χ1n) is 16.7. The lowest BCUT2D eigenvalue weighted by Crippen LogP contribution is -2.74. The second-order valence-corrected chi connectivity index (χ2v) is 14.8. The summed E-state index contributed by atoms with van der Waals surface area (Å²) < 4.78 is 22.9. The third kappa shape index (κ3) is 6.51. The third-order valence-corrected chi connectivity index (χ3v) is 9.83. The summed E-state index contributed by atoms with van der Waals surface area (Å²) in [7, 11) is 2.00. The van der Waals surface area contributed by atoms with Gasteiger partial charge in [-0.15, -0.1) is 0 Å². The summed E-state index contributed by atoms with van der Waals surface area (Å²) in [5, 5.41) is 27.6. The molecule has 5 rings (SSSR count). The smallest absolute Gasteiger partial charge is 0.408 e. The van der Waals surface area contributed by atoms with E-state index in [-0.39, 0.29) is 43.7 Å². The molecule has 1 unspecified atom stereocenters. The zero-order valence-corrected chi connectivity index (χ0v) is 28.9. The van der Waals surface area contributed by atoms with Crippen molar-refractivity contribution in [3.8, 4) is 5.75 Å². The molecule has 2 heterocycles. The number of aliphatic hydroxyl groups excluding tert-OH is 1. The number of aliphatic hydroxyl groups is 2. The molecule has 1 aromatic rings. The molecule has 0 saturated carbocycles. The lowest BCUT2D eigenvalue weighted by atomic mass is 9.50. The van der Waals surface area contributed by atoms with Gasteiger partial charge in [-0.1, -0.05) is 26.0 Å². The van der Waals surface area contributed by atoms with Crippen molar-refractivity contribution in [2.75, 3.05) is 20.1 Å². The Balaban J connectivity index is 1.20. The van der Waals surface area contributed by atoms with Gasteiger partial charge in [0.2, 0.25) is 5.91 Å². The standard InChI is InChI=1S/C35H49N3O10/c1-19(2)16-23(37-32(43)48-33(4,5)6)30(41)36-14-11-26(40)45-20(3)31(42)46-24-10-12-35(44)25-17-21-8-9-22(18-39)28-27(21)34(35,29(24)47-28)13-15-38(25)7/h8-10,19-20,23,25,29,39,44H,11-18H2,1-7H3,(H,36,41)(H,37,43)/t20-,23?,25+,29-,34-,35+/m0/s1. The van der Waals surface area contributed by atoms with E-state index in [0.29, 0.717) is 37.1 Å². The first kappa shape index (κ1) is 35.6. The Hall–Kier alpha value is -3.68. The maximum absolute atomic E-state index is 13.2. The van der Waals surface area contributed by atoms with Crippen LogP contribution in [0.5, 0.6) is 5.75 Å². The summed E-state index contributed by atoms with van der Waals surface area (Å²) in [6, 6.07) is 2.80. The van der Waals surface area contributed by atoms with Gasteiger partial charge >= 0.3 is 18.0 Å².